The van der Waals surface area contributed by atoms with E-state index in [1.54, 1.807) is 4.90 Å². The van der Waals surface area contributed by atoms with Crippen molar-refractivity contribution in [1.29, 1.82) is 0 Å². The van der Waals surface area contributed by atoms with Crippen molar-refractivity contribution in [2.75, 3.05) is 11.4 Å². The van der Waals surface area contributed by atoms with E-state index >= 15 is 0 Å². The minimum atomic E-state index is -0.496. The first-order chi connectivity index (χ1) is 8.92. The third kappa shape index (κ3) is 3.05. The van der Waals surface area contributed by atoms with E-state index in [2.05, 4.69) is 5.48 Å². The lowest BCUT2D eigenvalue weighted by Gasteiger charge is -2.24. The third-order valence-electron chi connectivity index (χ3n) is 3.01. The van der Waals surface area contributed by atoms with Gasteiger partial charge in [0, 0.05) is 13.1 Å². The molecule has 0 saturated heterocycles. The molecule has 0 atom stereocenters. The number of hydrogen-bond acceptors (Lipinski definition) is 4. The fraction of sp³-hybridized carbons (Fsp3) is 0.500. The number of rotatable bonds is 2. The Balaban J connectivity index is 2.22. The summed E-state index contributed by atoms with van der Waals surface area (Å²) in [7, 11) is 0. The SMILES string of the molecule is CC(C)(C)OC(=O)N1CCc2c(CNO)cccc21. The van der Waals surface area contributed by atoms with Crippen LogP contribution in [-0.2, 0) is 17.7 Å². The molecule has 0 fully saturated rings. The molecule has 1 aromatic carbocycles. The molecule has 0 unspecified atom stereocenters. The monoisotopic (exact) mass is 264 g/mol. The van der Waals surface area contributed by atoms with Crippen LogP contribution >= 0.6 is 0 Å². The molecule has 2 rings (SSSR count). The van der Waals surface area contributed by atoms with Crippen molar-refractivity contribution in [3.8, 4) is 0 Å². The van der Waals surface area contributed by atoms with E-state index in [9.17, 15) is 4.79 Å². The number of amides is 1. The standard InChI is InChI=1S/C14H20N2O3/c1-14(2,3)19-13(17)16-8-7-11-10(9-15-18)5-4-6-12(11)16/h4-6,15,18H,7-9H2,1-3H3. The van der Waals surface area contributed by atoms with E-state index in [4.69, 9.17) is 9.94 Å². The van der Waals surface area contributed by atoms with Crippen molar-refractivity contribution >= 4 is 11.8 Å². The van der Waals surface area contributed by atoms with E-state index in [0.717, 1.165) is 23.2 Å². The lowest BCUT2D eigenvalue weighted by molar-refractivity contribution is 0.0584. The molecule has 5 heteroatoms. The Morgan fingerprint density at radius 2 is 2.21 bits per heavy atom. The molecule has 1 aliphatic rings. The molecule has 104 valence electrons. The average molecular weight is 264 g/mol. The number of hydroxylamine groups is 1. The van der Waals surface area contributed by atoms with Gasteiger partial charge in [0.15, 0.2) is 0 Å². The van der Waals surface area contributed by atoms with Crippen LogP contribution in [0.2, 0.25) is 0 Å². The molecule has 0 radical (unpaired) electrons. The van der Waals surface area contributed by atoms with Gasteiger partial charge in [-0.15, -0.1) is 0 Å². The second-order valence-electron chi connectivity index (χ2n) is 5.63. The lowest BCUT2D eigenvalue weighted by atomic mass is 10.1. The zero-order valence-corrected chi connectivity index (χ0v) is 11.6. The Bertz CT molecular complexity index is 480. The quantitative estimate of drug-likeness (QED) is 0.805. The summed E-state index contributed by atoms with van der Waals surface area (Å²) in [5, 5.41) is 8.82. The Morgan fingerprint density at radius 1 is 1.47 bits per heavy atom. The van der Waals surface area contributed by atoms with Gasteiger partial charge in [-0.3, -0.25) is 4.90 Å². The van der Waals surface area contributed by atoms with Crippen LogP contribution in [0.1, 0.15) is 31.9 Å². The second-order valence-corrected chi connectivity index (χ2v) is 5.63. The van der Waals surface area contributed by atoms with Gasteiger partial charge < -0.3 is 9.94 Å². The minimum absolute atomic E-state index is 0.319. The first-order valence-electron chi connectivity index (χ1n) is 6.40. The van der Waals surface area contributed by atoms with E-state index in [1.807, 2.05) is 39.0 Å². The van der Waals surface area contributed by atoms with Gasteiger partial charge in [-0.2, -0.15) is 0 Å². The van der Waals surface area contributed by atoms with Crippen LogP contribution in [0.15, 0.2) is 18.2 Å². The van der Waals surface area contributed by atoms with Gasteiger partial charge in [-0.1, -0.05) is 12.1 Å². The molecule has 0 aromatic heterocycles. The Labute approximate surface area is 113 Å². The normalized spacial score (nSPS) is 14.4. The molecule has 5 nitrogen and oxygen atoms in total. The van der Waals surface area contributed by atoms with Crippen LogP contribution < -0.4 is 10.4 Å². The summed E-state index contributed by atoms with van der Waals surface area (Å²) in [6.45, 7) is 6.56. The van der Waals surface area contributed by atoms with Gasteiger partial charge in [-0.05, 0) is 44.4 Å². The van der Waals surface area contributed by atoms with Gasteiger partial charge in [0.2, 0.25) is 0 Å². The zero-order chi connectivity index (χ0) is 14.0. The second kappa shape index (κ2) is 5.19. The van der Waals surface area contributed by atoms with Crippen LogP contribution in [0, 0.1) is 0 Å². The Hall–Kier alpha value is -1.59. The third-order valence-corrected chi connectivity index (χ3v) is 3.01. The van der Waals surface area contributed by atoms with Crippen LogP contribution in [-0.4, -0.2) is 23.4 Å². The number of nitrogens with zero attached hydrogens (tertiary/aromatic N) is 1. The fourth-order valence-corrected chi connectivity index (χ4v) is 2.26. The van der Waals surface area contributed by atoms with Crippen molar-refractivity contribution in [3.63, 3.8) is 0 Å². The molecule has 0 saturated carbocycles. The zero-order valence-electron chi connectivity index (χ0n) is 11.6. The highest BCUT2D eigenvalue weighted by Gasteiger charge is 2.29. The van der Waals surface area contributed by atoms with Crippen LogP contribution in [0.25, 0.3) is 0 Å². The Kier molecular flexibility index (Phi) is 3.78. The summed E-state index contributed by atoms with van der Waals surface area (Å²) in [6, 6.07) is 5.74. The van der Waals surface area contributed by atoms with Gasteiger partial charge in [-0.25, -0.2) is 10.3 Å². The summed E-state index contributed by atoms with van der Waals surface area (Å²) in [4.78, 5) is 13.8. The van der Waals surface area contributed by atoms with E-state index in [1.165, 1.54) is 0 Å². The van der Waals surface area contributed by atoms with Gasteiger partial charge in [0.1, 0.15) is 5.60 Å². The number of carbonyl (C=O) groups excluding carboxylic acids is 1. The number of anilines is 1. The molecule has 1 heterocycles. The molecular formula is C14H20N2O3. The number of benzene rings is 1. The van der Waals surface area contributed by atoms with E-state index < -0.39 is 5.60 Å². The molecule has 0 spiro atoms. The summed E-state index contributed by atoms with van der Waals surface area (Å²) in [5.74, 6) is 0. The van der Waals surface area contributed by atoms with Crippen molar-refractivity contribution in [1.82, 2.24) is 5.48 Å². The highest BCUT2D eigenvalue weighted by atomic mass is 16.6. The molecule has 0 aliphatic carbocycles. The predicted octanol–water partition coefficient (Wildman–Crippen LogP) is 2.46. The van der Waals surface area contributed by atoms with E-state index in [-0.39, 0.29) is 6.09 Å². The van der Waals surface area contributed by atoms with Gasteiger partial charge in [0.05, 0.1) is 5.69 Å². The topological polar surface area (TPSA) is 61.8 Å². The highest BCUT2D eigenvalue weighted by molar-refractivity contribution is 5.90. The van der Waals surface area contributed by atoms with Crippen molar-refractivity contribution in [3.05, 3.63) is 29.3 Å². The van der Waals surface area contributed by atoms with E-state index in [0.29, 0.717) is 13.1 Å². The number of hydrogen-bond donors (Lipinski definition) is 2. The maximum Gasteiger partial charge on any atom is 0.414 e. The molecule has 0 bridgehead atoms. The largest absolute Gasteiger partial charge is 0.443 e. The molecule has 1 amide bonds. The first-order valence-corrected chi connectivity index (χ1v) is 6.40. The van der Waals surface area contributed by atoms with Gasteiger partial charge >= 0.3 is 6.09 Å². The predicted molar refractivity (Wildman–Crippen MR) is 72.4 cm³/mol. The molecule has 2 N–H and O–H groups in total. The molecule has 19 heavy (non-hydrogen) atoms. The van der Waals surface area contributed by atoms with Crippen LogP contribution in [0.3, 0.4) is 0 Å². The fourth-order valence-electron chi connectivity index (χ4n) is 2.26. The molecule has 1 aromatic rings. The van der Waals surface area contributed by atoms with Crippen molar-refractivity contribution in [2.24, 2.45) is 0 Å². The van der Waals surface area contributed by atoms with Crippen molar-refractivity contribution < 1.29 is 14.7 Å². The minimum Gasteiger partial charge on any atom is -0.443 e. The number of nitrogens with one attached hydrogen (secondary N) is 1. The summed E-state index contributed by atoms with van der Waals surface area (Å²) >= 11 is 0. The van der Waals surface area contributed by atoms with Crippen LogP contribution in [0.5, 0.6) is 0 Å². The summed E-state index contributed by atoms with van der Waals surface area (Å²) in [5.41, 5.74) is 4.64. The Morgan fingerprint density at radius 3 is 2.84 bits per heavy atom. The van der Waals surface area contributed by atoms with Crippen molar-refractivity contribution in [2.45, 2.75) is 39.3 Å². The summed E-state index contributed by atoms with van der Waals surface area (Å²) < 4.78 is 5.40. The maximum atomic E-state index is 12.1. The lowest BCUT2D eigenvalue weighted by Crippen LogP contribution is -2.35. The number of carbonyl (C=O) groups is 1. The van der Waals surface area contributed by atoms with Crippen LogP contribution in [0.4, 0.5) is 10.5 Å². The highest BCUT2D eigenvalue weighted by Crippen LogP contribution is 2.31. The summed E-state index contributed by atoms with van der Waals surface area (Å²) in [6.07, 6.45) is 0.465. The average Bonchev–Trinajstić information content (AvgIpc) is 2.72. The number of fused-ring (bicyclic) bond motifs is 1. The smallest absolute Gasteiger partial charge is 0.414 e. The van der Waals surface area contributed by atoms with Gasteiger partial charge in [0.25, 0.3) is 0 Å². The molecular weight excluding hydrogens is 244 g/mol. The molecule has 1 aliphatic heterocycles. The number of ether oxygens (including phenoxy) is 1. The first kappa shape index (κ1) is 13.8. The maximum absolute atomic E-state index is 12.1.